The van der Waals surface area contributed by atoms with E-state index >= 15 is 0 Å². The van der Waals surface area contributed by atoms with Crippen LogP contribution in [-0.4, -0.2) is 31.3 Å². The zero-order valence-corrected chi connectivity index (χ0v) is 10.5. The Morgan fingerprint density at radius 2 is 2.05 bits per heavy atom. The van der Waals surface area contributed by atoms with Crippen molar-refractivity contribution in [2.24, 2.45) is 0 Å². The van der Waals surface area contributed by atoms with Crippen LogP contribution in [0.5, 0.6) is 0 Å². The Bertz CT molecular complexity index is 437. The van der Waals surface area contributed by atoms with Gasteiger partial charge in [0.2, 0.25) is 0 Å². The van der Waals surface area contributed by atoms with Gasteiger partial charge in [-0.15, -0.1) is 0 Å². The van der Waals surface area contributed by atoms with Gasteiger partial charge >= 0.3 is 12.3 Å². The summed E-state index contributed by atoms with van der Waals surface area (Å²) in [6, 6.07) is 6.44. The van der Waals surface area contributed by atoms with E-state index in [1.54, 1.807) is 24.3 Å². The molecule has 2 nitrogen and oxygen atoms in total. The van der Waals surface area contributed by atoms with Crippen molar-refractivity contribution in [2.45, 2.75) is 18.8 Å². The van der Waals surface area contributed by atoms with Crippen molar-refractivity contribution in [3.63, 3.8) is 0 Å². The fraction of sp³-hybridized carbons (Fsp3) is 0.417. The molecular weight excluding hydrogens is 288 g/mol. The molecule has 106 valence electrons. The van der Waals surface area contributed by atoms with Gasteiger partial charge in [-0.25, -0.2) is 8.78 Å². The van der Waals surface area contributed by atoms with Crippen molar-refractivity contribution in [3.8, 4) is 0 Å². The van der Waals surface area contributed by atoms with Crippen molar-refractivity contribution in [3.05, 3.63) is 34.9 Å². The molecule has 0 amide bonds. The average Bonchev–Trinajstić information content (AvgIpc) is 2.28. The van der Waals surface area contributed by atoms with Gasteiger partial charge in [-0.05, 0) is 17.7 Å². The Balaban J connectivity index is 2.37. The molecule has 0 bridgehead atoms. The molecule has 0 spiro atoms. The van der Waals surface area contributed by atoms with Crippen LogP contribution in [0.3, 0.4) is 0 Å². The summed E-state index contributed by atoms with van der Waals surface area (Å²) in [6.45, 7) is -2.12. The van der Waals surface area contributed by atoms with Gasteiger partial charge in [0, 0.05) is 11.4 Å². The SMILES string of the molecule is O=C(COCC(F)(F)C(F)F)Cc1cccc(Cl)c1. The summed E-state index contributed by atoms with van der Waals surface area (Å²) in [5.41, 5.74) is 0.599. The Hall–Kier alpha value is -1.14. The van der Waals surface area contributed by atoms with Crippen LogP contribution in [0.1, 0.15) is 5.56 Å². The minimum absolute atomic E-state index is 0.0548. The molecule has 0 saturated heterocycles. The molecule has 1 rings (SSSR count). The maximum Gasteiger partial charge on any atom is 0.330 e. The van der Waals surface area contributed by atoms with Gasteiger partial charge in [0.05, 0.1) is 0 Å². The van der Waals surface area contributed by atoms with Crippen molar-refractivity contribution in [1.29, 1.82) is 0 Å². The highest BCUT2D eigenvalue weighted by Gasteiger charge is 2.41. The fourth-order valence-electron chi connectivity index (χ4n) is 1.29. The molecule has 0 fully saturated rings. The van der Waals surface area contributed by atoms with Gasteiger partial charge in [-0.3, -0.25) is 4.79 Å². The Morgan fingerprint density at radius 3 is 2.63 bits per heavy atom. The van der Waals surface area contributed by atoms with Crippen LogP contribution in [0.15, 0.2) is 24.3 Å². The molecule has 7 heteroatoms. The van der Waals surface area contributed by atoms with Crippen LogP contribution >= 0.6 is 11.6 Å². The fourth-order valence-corrected chi connectivity index (χ4v) is 1.50. The number of carbonyl (C=O) groups excluding carboxylic acids is 1. The molecule has 1 aromatic rings. The molecule has 19 heavy (non-hydrogen) atoms. The highest BCUT2D eigenvalue weighted by molar-refractivity contribution is 6.30. The van der Waals surface area contributed by atoms with Gasteiger partial charge in [-0.2, -0.15) is 8.78 Å². The second-order valence-electron chi connectivity index (χ2n) is 3.90. The molecule has 0 aliphatic rings. The summed E-state index contributed by atoms with van der Waals surface area (Å²) >= 11 is 5.70. The summed E-state index contributed by atoms with van der Waals surface area (Å²) in [5.74, 6) is -4.73. The quantitative estimate of drug-likeness (QED) is 0.722. The predicted octanol–water partition coefficient (Wildman–Crippen LogP) is 3.37. The number of rotatable bonds is 7. The van der Waals surface area contributed by atoms with E-state index in [0.717, 1.165) is 0 Å². The first-order valence-electron chi connectivity index (χ1n) is 5.31. The Labute approximate surface area is 112 Å². The lowest BCUT2D eigenvalue weighted by molar-refractivity contribution is -0.168. The molecule has 0 aliphatic carbocycles. The third-order valence-corrected chi connectivity index (χ3v) is 2.40. The molecule has 0 saturated carbocycles. The first-order valence-corrected chi connectivity index (χ1v) is 5.69. The number of carbonyl (C=O) groups is 1. The lowest BCUT2D eigenvalue weighted by atomic mass is 10.1. The summed E-state index contributed by atoms with van der Waals surface area (Å²) in [7, 11) is 0. The van der Waals surface area contributed by atoms with Gasteiger partial charge in [0.1, 0.15) is 13.2 Å². The van der Waals surface area contributed by atoms with Crippen molar-refractivity contribution in [2.75, 3.05) is 13.2 Å². The van der Waals surface area contributed by atoms with E-state index in [1.807, 2.05) is 0 Å². The Kier molecular flexibility index (Phi) is 5.75. The van der Waals surface area contributed by atoms with E-state index < -0.39 is 31.3 Å². The molecule has 1 aromatic carbocycles. The smallest absolute Gasteiger partial charge is 0.330 e. The number of hydrogen-bond donors (Lipinski definition) is 0. The summed E-state index contributed by atoms with van der Waals surface area (Å²) < 4.78 is 52.9. The zero-order chi connectivity index (χ0) is 14.5. The minimum atomic E-state index is -4.24. The lowest BCUT2D eigenvalue weighted by Crippen LogP contribution is -2.33. The number of ketones is 1. The zero-order valence-electron chi connectivity index (χ0n) is 9.71. The van der Waals surface area contributed by atoms with E-state index in [9.17, 15) is 22.4 Å². The molecular formula is C12H11ClF4O2. The molecule has 0 unspecified atom stereocenters. The van der Waals surface area contributed by atoms with E-state index in [-0.39, 0.29) is 6.42 Å². The van der Waals surface area contributed by atoms with Gasteiger partial charge in [0.15, 0.2) is 5.78 Å². The van der Waals surface area contributed by atoms with Crippen LogP contribution in [0, 0.1) is 0 Å². The number of alkyl halides is 4. The summed E-state index contributed by atoms with van der Waals surface area (Å²) in [5, 5.41) is 0.440. The van der Waals surface area contributed by atoms with Crippen molar-refractivity contribution in [1.82, 2.24) is 0 Å². The topological polar surface area (TPSA) is 26.3 Å². The molecule has 0 heterocycles. The summed E-state index contributed by atoms with van der Waals surface area (Å²) in [4.78, 5) is 11.4. The predicted molar refractivity (Wildman–Crippen MR) is 61.9 cm³/mol. The van der Waals surface area contributed by atoms with Crippen molar-refractivity contribution >= 4 is 17.4 Å². The second kappa shape index (κ2) is 6.86. The first-order chi connectivity index (χ1) is 8.81. The second-order valence-corrected chi connectivity index (χ2v) is 4.34. The van der Waals surface area contributed by atoms with Crippen LogP contribution in [0.4, 0.5) is 17.6 Å². The monoisotopic (exact) mass is 298 g/mol. The highest BCUT2D eigenvalue weighted by Crippen LogP contribution is 2.22. The number of hydrogen-bond acceptors (Lipinski definition) is 2. The van der Waals surface area contributed by atoms with Crippen LogP contribution < -0.4 is 0 Å². The average molecular weight is 299 g/mol. The van der Waals surface area contributed by atoms with E-state index in [0.29, 0.717) is 10.6 Å². The standard InChI is InChI=1S/C12H11ClF4O2/c13-9-3-1-2-8(4-9)5-10(18)6-19-7-12(16,17)11(14)15/h1-4,11H,5-7H2. The maximum absolute atomic E-state index is 12.5. The molecule has 0 N–H and O–H groups in total. The molecule has 0 radical (unpaired) electrons. The van der Waals surface area contributed by atoms with Gasteiger partial charge in [0.25, 0.3) is 0 Å². The van der Waals surface area contributed by atoms with Crippen LogP contribution in [-0.2, 0) is 16.0 Å². The Morgan fingerprint density at radius 1 is 1.37 bits per heavy atom. The van der Waals surface area contributed by atoms with Crippen molar-refractivity contribution < 1.29 is 27.1 Å². The maximum atomic E-state index is 12.5. The highest BCUT2D eigenvalue weighted by atomic mass is 35.5. The van der Waals surface area contributed by atoms with E-state index in [4.69, 9.17) is 11.6 Å². The van der Waals surface area contributed by atoms with Gasteiger partial charge < -0.3 is 4.74 Å². The van der Waals surface area contributed by atoms with Crippen LogP contribution in [0.2, 0.25) is 5.02 Å². The van der Waals surface area contributed by atoms with Gasteiger partial charge in [-0.1, -0.05) is 23.7 Å². The van der Waals surface area contributed by atoms with E-state index in [2.05, 4.69) is 4.74 Å². The normalized spacial score (nSPS) is 11.9. The molecule has 0 atom stereocenters. The minimum Gasteiger partial charge on any atom is -0.367 e. The number of halogens is 5. The largest absolute Gasteiger partial charge is 0.367 e. The lowest BCUT2D eigenvalue weighted by Gasteiger charge is -2.14. The number of ether oxygens (including phenoxy) is 1. The number of benzene rings is 1. The van der Waals surface area contributed by atoms with E-state index in [1.165, 1.54) is 0 Å². The molecule has 0 aliphatic heterocycles. The molecule has 0 aromatic heterocycles. The third kappa shape index (κ3) is 5.57. The summed E-state index contributed by atoms with van der Waals surface area (Å²) in [6.07, 6.45) is -3.86. The van der Waals surface area contributed by atoms with Crippen LogP contribution in [0.25, 0.3) is 0 Å². The number of Topliss-reactive ketones (excluding diaryl/α,β-unsaturated/α-hetero) is 1. The first kappa shape index (κ1) is 15.9. The third-order valence-electron chi connectivity index (χ3n) is 2.17.